The molecule has 3 N–H and O–H groups in total. The van der Waals surface area contributed by atoms with Crippen LogP contribution in [0.1, 0.15) is 29.9 Å². The first-order chi connectivity index (χ1) is 6.98. The number of H-pyrrole nitrogens is 1. The zero-order valence-electron chi connectivity index (χ0n) is 8.66. The number of nitriles is 1. The highest BCUT2D eigenvalue weighted by atomic mass is 16.3. The Labute approximate surface area is 87.7 Å². The number of carbonyl (C=O) groups is 1. The first-order valence-electron chi connectivity index (χ1n) is 4.50. The maximum absolute atomic E-state index is 11.6. The molecule has 0 aliphatic carbocycles. The Hall–Kier alpha value is -1.80. The lowest BCUT2D eigenvalue weighted by Gasteiger charge is -2.22. The van der Waals surface area contributed by atoms with Gasteiger partial charge in [-0.1, -0.05) is 0 Å². The molecule has 0 saturated carbocycles. The molecule has 1 aromatic rings. The molecule has 0 aliphatic heterocycles. The van der Waals surface area contributed by atoms with Gasteiger partial charge in [0, 0.05) is 6.20 Å². The molecule has 1 heterocycles. The second kappa shape index (κ2) is 4.15. The zero-order valence-corrected chi connectivity index (χ0v) is 8.66. The van der Waals surface area contributed by atoms with Crippen LogP contribution < -0.4 is 5.32 Å². The van der Waals surface area contributed by atoms with Crippen molar-refractivity contribution in [2.75, 3.05) is 6.61 Å². The van der Waals surface area contributed by atoms with Crippen molar-refractivity contribution in [3.05, 3.63) is 23.5 Å². The highest BCUT2D eigenvalue weighted by Gasteiger charge is 2.20. The third-order valence-electron chi connectivity index (χ3n) is 1.90. The summed E-state index contributed by atoms with van der Waals surface area (Å²) in [5, 5.41) is 20.2. The second-order valence-electron chi connectivity index (χ2n) is 3.91. The highest BCUT2D eigenvalue weighted by molar-refractivity contribution is 5.93. The minimum Gasteiger partial charge on any atom is -0.394 e. The quantitative estimate of drug-likeness (QED) is 0.669. The van der Waals surface area contributed by atoms with Gasteiger partial charge in [-0.25, -0.2) is 0 Å². The van der Waals surface area contributed by atoms with Gasteiger partial charge in [-0.3, -0.25) is 4.79 Å². The lowest BCUT2D eigenvalue weighted by atomic mass is 10.1. The van der Waals surface area contributed by atoms with Crippen LogP contribution >= 0.6 is 0 Å². The number of rotatable bonds is 3. The van der Waals surface area contributed by atoms with Crippen LogP contribution in [0.4, 0.5) is 0 Å². The molecule has 15 heavy (non-hydrogen) atoms. The minimum absolute atomic E-state index is 0.148. The van der Waals surface area contributed by atoms with E-state index in [1.54, 1.807) is 13.8 Å². The molecule has 0 aromatic carbocycles. The van der Waals surface area contributed by atoms with Crippen LogP contribution in [0.15, 0.2) is 12.3 Å². The van der Waals surface area contributed by atoms with E-state index in [9.17, 15) is 4.79 Å². The summed E-state index contributed by atoms with van der Waals surface area (Å²) in [4.78, 5) is 14.3. The van der Waals surface area contributed by atoms with Gasteiger partial charge in [-0.05, 0) is 19.9 Å². The fourth-order valence-electron chi connectivity index (χ4n) is 1.00. The largest absolute Gasteiger partial charge is 0.394 e. The number of hydrogen-bond donors (Lipinski definition) is 3. The maximum atomic E-state index is 11.6. The fraction of sp³-hybridized carbons (Fsp3) is 0.400. The van der Waals surface area contributed by atoms with Crippen molar-refractivity contribution in [3.8, 4) is 6.07 Å². The van der Waals surface area contributed by atoms with Crippen molar-refractivity contribution in [1.82, 2.24) is 10.3 Å². The van der Waals surface area contributed by atoms with Crippen molar-refractivity contribution in [2.24, 2.45) is 0 Å². The molecule has 0 atom stereocenters. The van der Waals surface area contributed by atoms with Crippen molar-refractivity contribution < 1.29 is 9.90 Å². The number of aromatic nitrogens is 1. The molecule has 80 valence electrons. The summed E-state index contributed by atoms with van der Waals surface area (Å²) in [7, 11) is 0. The first kappa shape index (κ1) is 11.3. The summed E-state index contributed by atoms with van der Waals surface area (Å²) in [6.45, 7) is 3.27. The molecule has 0 spiro atoms. The van der Waals surface area contributed by atoms with Crippen LogP contribution in [0.5, 0.6) is 0 Å². The molecular formula is C10H13N3O2. The summed E-state index contributed by atoms with van der Waals surface area (Å²) in [5.41, 5.74) is 0.0460. The molecule has 0 unspecified atom stereocenters. The third-order valence-corrected chi connectivity index (χ3v) is 1.90. The number of nitrogens with one attached hydrogen (secondary N) is 2. The van der Waals surface area contributed by atoms with Crippen LogP contribution in [0.25, 0.3) is 0 Å². The average Bonchev–Trinajstić information content (AvgIpc) is 2.65. The molecule has 1 amide bonds. The normalized spacial score (nSPS) is 10.8. The van der Waals surface area contributed by atoms with Crippen LogP contribution in [0, 0.1) is 11.3 Å². The number of carbonyl (C=O) groups excluding carboxylic acids is 1. The molecule has 1 aromatic heterocycles. The number of aliphatic hydroxyl groups excluding tert-OH is 1. The van der Waals surface area contributed by atoms with Gasteiger partial charge in [-0.2, -0.15) is 5.26 Å². The van der Waals surface area contributed by atoms with E-state index in [4.69, 9.17) is 10.4 Å². The monoisotopic (exact) mass is 207 g/mol. The maximum Gasteiger partial charge on any atom is 0.268 e. The summed E-state index contributed by atoms with van der Waals surface area (Å²) in [6.07, 6.45) is 1.46. The van der Waals surface area contributed by atoms with Crippen molar-refractivity contribution in [3.63, 3.8) is 0 Å². The number of nitrogens with zero attached hydrogens (tertiary/aromatic N) is 1. The van der Waals surface area contributed by atoms with Gasteiger partial charge in [-0.15, -0.1) is 0 Å². The molecule has 0 radical (unpaired) electrons. The highest BCUT2D eigenvalue weighted by Crippen LogP contribution is 2.05. The second-order valence-corrected chi connectivity index (χ2v) is 3.91. The predicted octanol–water partition coefficient (Wildman–Crippen LogP) is 0.387. The van der Waals surface area contributed by atoms with Gasteiger partial charge in [0.15, 0.2) is 0 Å². The Morgan fingerprint density at radius 2 is 2.40 bits per heavy atom. The lowest BCUT2D eigenvalue weighted by Crippen LogP contribution is -2.46. The van der Waals surface area contributed by atoms with E-state index >= 15 is 0 Å². The summed E-state index contributed by atoms with van der Waals surface area (Å²) in [5.74, 6) is -0.337. The van der Waals surface area contributed by atoms with Crippen LogP contribution in [0.3, 0.4) is 0 Å². The van der Waals surface area contributed by atoms with Crippen LogP contribution in [0.2, 0.25) is 0 Å². The van der Waals surface area contributed by atoms with Gasteiger partial charge in [0.25, 0.3) is 5.91 Å². The predicted molar refractivity (Wildman–Crippen MR) is 54.1 cm³/mol. The van der Waals surface area contributed by atoms with Crippen molar-refractivity contribution in [1.29, 1.82) is 5.26 Å². The average molecular weight is 207 g/mol. The van der Waals surface area contributed by atoms with Gasteiger partial charge in [0.2, 0.25) is 0 Å². The zero-order chi connectivity index (χ0) is 11.5. The number of aromatic amines is 1. The molecule has 0 aliphatic rings. The lowest BCUT2D eigenvalue weighted by molar-refractivity contribution is 0.0865. The van der Waals surface area contributed by atoms with Crippen molar-refractivity contribution >= 4 is 5.91 Å². The van der Waals surface area contributed by atoms with E-state index in [2.05, 4.69) is 10.3 Å². The van der Waals surface area contributed by atoms with Gasteiger partial charge in [0.1, 0.15) is 11.8 Å². The minimum atomic E-state index is -0.672. The third kappa shape index (κ3) is 2.82. The molecular weight excluding hydrogens is 194 g/mol. The van der Waals surface area contributed by atoms with E-state index in [0.29, 0.717) is 11.3 Å². The Balaban J connectivity index is 2.74. The van der Waals surface area contributed by atoms with Gasteiger partial charge >= 0.3 is 0 Å². The van der Waals surface area contributed by atoms with Crippen LogP contribution in [-0.2, 0) is 0 Å². The Kier molecular flexibility index (Phi) is 3.12. The molecule has 1 rings (SSSR count). The van der Waals surface area contributed by atoms with E-state index in [1.807, 2.05) is 6.07 Å². The van der Waals surface area contributed by atoms with E-state index in [-0.39, 0.29) is 12.5 Å². The smallest absolute Gasteiger partial charge is 0.268 e. The van der Waals surface area contributed by atoms with E-state index in [1.165, 1.54) is 12.3 Å². The Bertz CT molecular complexity index is 401. The van der Waals surface area contributed by atoms with Crippen LogP contribution in [-0.4, -0.2) is 28.1 Å². The Morgan fingerprint density at radius 1 is 1.73 bits per heavy atom. The fourth-order valence-corrected chi connectivity index (χ4v) is 1.00. The molecule has 0 saturated heterocycles. The van der Waals surface area contributed by atoms with Gasteiger partial charge in [0.05, 0.1) is 17.7 Å². The number of hydrogen-bond acceptors (Lipinski definition) is 3. The van der Waals surface area contributed by atoms with E-state index < -0.39 is 5.54 Å². The number of aliphatic hydroxyl groups is 1. The van der Waals surface area contributed by atoms with Gasteiger partial charge < -0.3 is 15.4 Å². The number of amides is 1. The Morgan fingerprint density at radius 3 is 2.87 bits per heavy atom. The summed E-state index contributed by atoms with van der Waals surface area (Å²) >= 11 is 0. The van der Waals surface area contributed by atoms with Crippen molar-refractivity contribution in [2.45, 2.75) is 19.4 Å². The summed E-state index contributed by atoms with van der Waals surface area (Å²) in [6, 6.07) is 3.38. The molecule has 5 nitrogen and oxygen atoms in total. The molecule has 0 fully saturated rings. The first-order valence-corrected chi connectivity index (χ1v) is 4.50. The standard InChI is InChI=1S/C10H13N3O2/c1-10(2,6-14)13-9(15)8-3-7(4-11)5-12-8/h3,5,12,14H,6H2,1-2H3,(H,13,15). The topological polar surface area (TPSA) is 88.9 Å². The molecule has 5 heteroatoms. The summed E-state index contributed by atoms with van der Waals surface area (Å²) < 4.78 is 0. The molecule has 0 bridgehead atoms. The SMILES string of the molecule is CC(C)(CO)NC(=O)c1cc(C#N)c[nH]1. The van der Waals surface area contributed by atoms with E-state index in [0.717, 1.165) is 0 Å².